The Hall–Kier alpha value is -3.60. The molecule has 2 aromatic heterocycles. The van der Waals surface area contributed by atoms with Gasteiger partial charge in [-0.1, -0.05) is 30.3 Å². The van der Waals surface area contributed by atoms with Gasteiger partial charge in [0, 0.05) is 31.3 Å². The van der Waals surface area contributed by atoms with Crippen LogP contribution in [-0.2, 0) is 29.6 Å². The van der Waals surface area contributed by atoms with Gasteiger partial charge < -0.3 is 20.7 Å². The van der Waals surface area contributed by atoms with E-state index < -0.39 is 23.2 Å². The first-order valence-corrected chi connectivity index (χ1v) is 10.9. The molecule has 3 aromatic rings. The van der Waals surface area contributed by atoms with Gasteiger partial charge in [0.05, 0.1) is 36.6 Å². The summed E-state index contributed by atoms with van der Waals surface area (Å²) in [4.78, 5) is 18.2. The fourth-order valence-corrected chi connectivity index (χ4v) is 4.51. The number of nitrogens with two attached hydrogens (primary N) is 1. The van der Waals surface area contributed by atoms with Crippen LogP contribution >= 0.6 is 0 Å². The Morgan fingerprint density at radius 3 is 2.76 bits per heavy atom. The Morgan fingerprint density at radius 1 is 1.21 bits per heavy atom. The number of ether oxygens (including phenoxy) is 1. The van der Waals surface area contributed by atoms with Gasteiger partial charge in [-0.15, -0.1) is 0 Å². The van der Waals surface area contributed by atoms with E-state index in [2.05, 4.69) is 15.4 Å². The maximum absolute atomic E-state index is 13.3. The molecule has 4 heterocycles. The summed E-state index contributed by atoms with van der Waals surface area (Å²) < 4.78 is 47.8. The van der Waals surface area contributed by atoms with Gasteiger partial charge >= 0.3 is 12.2 Å². The third-order valence-corrected chi connectivity index (χ3v) is 6.25. The van der Waals surface area contributed by atoms with Crippen LogP contribution in [0.5, 0.6) is 0 Å². The zero-order chi connectivity index (χ0) is 23.9. The monoisotopic (exact) mass is 472 g/mol. The number of benzene rings is 1. The highest BCUT2D eigenvalue weighted by atomic mass is 19.4. The summed E-state index contributed by atoms with van der Waals surface area (Å²) in [6.07, 6.45) is -2.77. The van der Waals surface area contributed by atoms with Crippen LogP contribution in [0.4, 0.5) is 23.8 Å². The molecule has 1 atom stereocenters. The van der Waals surface area contributed by atoms with E-state index in [1.54, 1.807) is 15.6 Å². The standard InChI is InChI=1S/C23H23F3N6O2/c24-23(25,26)17-10-16(13-28-20(17)27)18-11-19-22(34-9-8-32(19)30-18)6-7-31(14-22)21(33)29-12-15-4-2-1-3-5-15/h1-5,10-11,13H,6-9,12,14H2,(H2,27,28)(H,29,33)/t22-/m1/s1. The Labute approximate surface area is 193 Å². The molecular formula is C23H23F3N6O2. The molecule has 1 saturated heterocycles. The SMILES string of the molecule is Nc1ncc(-c2cc3n(n2)CCO[C@@]32CCN(C(=O)NCc3ccccc3)C2)cc1C(F)(F)F. The number of hydrogen-bond acceptors (Lipinski definition) is 5. The summed E-state index contributed by atoms with van der Waals surface area (Å²) in [5.74, 6) is -0.576. The highest BCUT2D eigenvalue weighted by Crippen LogP contribution is 2.41. The van der Waals surface area contributed by atoms with Crippen LogP contribution in [0.25, 0.3) is 11.3 Å². The van der Waals surface area contributed by atoms with Crippen molar-refractivity contribution in [1.82, 2.24) is 25.0 Å². The highest BCUT2D eigenvalue weighted by molar-refractivity contribution is 5.74. The minimum atomic E-state index is -4.62. The molecule has 0 aliphatic carbocycles. The number of carbonyl (C=O) groups excluding carboxylic acids is 1. The van der Waals surface area contributed by atoms with E-state index in [1.165, 1.54) is 6.20 Å². The maximum Gasteiger partial charge on any atom is 0.419 e. The zero-order valence-electron chi connectivity index (χ0n) is 18.2. The summed E-state index contributed by atoms with van der Waals surface area (Å²) in [5.41, 5.74) is 5.97. The Bertz CT molecular complexity index is 1210. The first kappa shape index (κ1) is 22.2. The van der Waals surface area contributed by atoms with E-state index in [4.69, 9.17) is 10.5 Å². The van der Waals surface area contributed by atoms with Crippen molar-refractivity contribution in [2.24, 2.45) is 0 Å². The zero-order valence-corrected chi connectivity index (χ0v) is 18.2. The van der Waals surface area contributed by atoms with Crippen molar-refractivity contribution in [3.63, 3.8) is 0 Å². The summed E-state index contributed by atoms with van der Waals surface area (Å²) >= 11 is 0. The third kappa shape index (κ3) is 4.07. The average molecular weight is 472 g/mol. The molecule has 5 rings (SSSR count). The quantitative estimate of drug-likeness (QED) is 0.609. The number of nitrogens with zero attached hydrogens (tertiary/aromatic N) is 4. The number of nitrogens with one attached hydrogen (secondary N) is 1. The van der Waals surface area contributed by atoms with Gasteiger partial charge in [0.2, 0.25) is 0 Å². The number of pyridine rings is 1. The van der Waals surface area contributed by atoms with Crippen molar-refractivity contribution in [2.45, 2.75) is 31.3 Å². The van der Waals surface area contributed by atoms with Gasteiger partial charge in [-0.2, -0.15) is 18.3 Å². The number of alkyl halides is 3. The predicted molar refractivity (Wildman–Crippen MR) is 117 cm³/mol. The molecule has 2 aliphatic rings. The van der Waals surface area contributed by atoms with Crippen LogP contribution in [0.3, 0.4) is 0 Å². The number of rotatable bonds is 3. The summed E-state index contributed by atoms with van der Waals surface area (Å²) in [6.45, 7) is 2.08. The normalized spacial score (nSPS) is 19.9. The van der Waals surface area contributed by atoms with Crippen molar-refractivity contribution < 1.29 is 22.7 Å². The highest BCUT2D eigenvalue weighted by Gasteiger charge is 2.47. The van der Waals surface area contributed by atoms with E-state index in [0.717, 1.165) is 17.3 Å². The number of fused-ring (bicyclic) bond motifs is 2. The number of nitrogen functional groups attached to an aromatic ring is 1. The first-order chi connectivity index (χ1) is 16.2. The minimum Gasteiger partial charge on any atom is -0.383 e. The van der Waals surface area contributed by atoms with E-state index in [0.29, 0.717) is 44.9 Å². The lowest BCUT2D eigenvalue weighted by atomic mass is 9.96. The van der Waals surface area contributed by atoms with Crippen LogP contribution in [-0.4, -0.2) is 45.4 Å². The van der Waals surface area contributed by atoms with Crippen molar-refractivity contribution in [3.05, 3.63) is 65.5 Å². The first-order valence-electron chi connectivity index (χ1n) is 10.9. The van der Waals surface area contributed by atoms with Crippen molar-refractivity contribution in [1.29, 1.82) is 0 Å². The Balaban J connectivity index is 1.36. The lowest BCUT2D eigenvalue weighted by Gasteiger charge is -2.34. The number of likely N-dealkylation sites (tertiary alicyclic amines) is 1. The fraction of sp³-hybridized carbons (Fsp3) is 0.348. The third-order valence-electron chi connectivity index (χ3n) is 6.25. The molecule has 178 valence electrons. The van der Waals surface area contributed by atoms with Crippen LogP contribution < -0.4 is 11.1 Å². The van der Waals surface area contributed by atoms with Crippen LogP contribution in [0.15, 0.2) is 48.7 Å². The number of amides is 2. The molecule has 1 spiro atoms. The van der Waals surface area contributed by atoms with Gasteiger partial charge in [0.15, 0.2) is 0 Å². The molecule has 0 radical (unpaired) electrons. The van der Waals surface area contributed by atoms with E-state index in [-0.39, 0.29) is 11.6 Å². The number of halogens is 3. The van der Waals surface area contributed by atoms with Crippen molar-refractivity contribution in [3.8, 4) is 11.3 Å². The van der Waals surface area contributed by atoms with Gasteiger partial charge in [-0.3, -0.25) is 4.68 Å². The molecule has 2 amide bonds. The molecular weight excluding hydrogens is 449 g/mol. The van der Waals surface area contributed by atoms with Gasteiger partial charge in [0.25, 0.3) is 0 Å². The average Bonchev–Trinajstić information content (AvgIpc) is 3.44. The van der Waals surface area contributed by atoms with Crippen LogP contribution in [0.1, 0.15) is 23.2 Å². The summed E-state index contributed by atoms with van der Waals surface area (Å²) in [7, 11) is 0. The lowest BCUT2D eigenvalue weighted by Crippen LogP contribution is -2.44. The molecule has 1 fully saturated rings. The lowest BCUT2D eigenvalue weighted by molar-refractivity contribution is -0.137. The molecule has 0 unspecified atom stereocenters. The van der Waals surface area contributed by atoms with Crippen LogP contribution in [0, 0.1) is 0 Å². The molecule has 11 heteroatoms. The van der Waals surface area contributed by atoms with Crippen molar-refractivity contribution in [2.75, 3.05) is 25.4 Å². The molecule has 8 nitrogen and oxygen atoms in total. The Morgan fingerprint density at radius 2 is 2.00 bits per heavy atom. The van der Waals surface area contributed by atoms with E-state index in [1.807, 2.05) is 30.3 Å². The second-order valence-corrected chi connectivity index (χ2v) is 8.45. The number of carbonyl (C=O) groups is 1. The van der Waals surface area contributed by atoms with Gasteiger partial charge in [-0.25, -0.2) is 9.78 Å². The number of urea groups is 1. The topological polar surface area (TPSA) is 98.3 Å². The van der Waals surface area contributed by atoms with Gasteiger partial charge in [0.1, 0.15) is 11.4 Å². The van der Waals surface area contributed by atoms with Crippen LogP contribution in [0.2, 0.25) is 0 Å². The molecule has 34 heavy (non-hydrogen) atoms. The van der Waals surface area contributed by atoms with E-state index in [9.17, 15) is 18.0 Å². The maximum atomic E-state index is 13.3. The summed E-state index contributed by atoms with van der Waals surface area (Å²) in [5, 5.41) is 7.43. The predicted octanol–water partition coefficient (Wildman–Crippen LogP) is 3.39. The molecule has 1 aromatic carbocycles. The number of hydrogen-bond donors (Lipinski definition) is 2. The summed E-state index contributed by atoms with van der Waals surface area (Å²) in [6, 6.07) is 12.1. The number of aromatic nitrogens is 3. The van der Waals surface area contributed by atoms with Crippen molar-refractivity contribution >= 4 is 11.8 Å². The molecule has 3 N–H and O–H groups in total. The molecule has 2 aliphatic heterocycles. The molecule has 0 saturated carbocycles. The largest absolute Gasteiger partial charge is 0.419 e. The minimum absolute atomic E-state index is 0.196. The molecule has 0 bridgehead atoms. The van der Waals surface area contributed by atoms with E-state index >= 15 is 0 Å². The second kappa shape index (κ2) is 8.32. The smallest absolute Gasteiger partial charge is 0.383 e. The van der Waals surface area contributed by atoms with Gasteiger partial charge in [-0.05, 0) is 17.7 Å². The second-order valence-electron chi connectivity index (χ2n) is 8.45. The fourth-order valence-electron chi connectivity index (χ4n) is 4.51. The Kier molecular flexibility index (Phi) is 5.43. The number of anilines is 1.